The summed E-state index contributed by atoms with van der Waals surface area (Å²) < 4.78 is 2.12. The Bertz CT molecular complexity index is 1120. The minimum absolute atomic E-state index is 0.124. The minimum Gasteiger partial charge on any atom is -0.300 e. The van der Waals surface area contributed by atoms with Crippen LogP contribution in [0.25, 0.3) is 10.9 Å². The number of rotatable bonds is 6. The minimum atomic E-state index is -0.818. The Balaban J connectivity index is 1.80. The van der Waals surface area contributed by atoms with E-state index in [2.05, 4.69) is 66.7 Å². The molecule has 4 heteroatoms. The molecule has 1 atom stereocenters. The van der Waals surface area contributed by atoms with E-state index in [4.69, 9.17) is 4.84 Å². The standard InChI is InChI=1S/C26H28N2O2/c1-4-5-17-26(18-10-9-15-21-13-7-6-8-14-21)27-23(25(29)28(26)30-3)19-22-16-11-12-20(2)24(22)27/h6-8,11-14,16,19H,4-5,9,15,17H2,1-3H3. The molecule has 3 aromatic rings. The highest BCUT2D eigenvalue weighted by Gasteiger charge is 2.50. The van der Waals surface area contributed by atoms with Gasteiger partial charge in [-0.1, -0.05) is 67.8 Å². The molecule has 0 aliphatic carbocycles. The van der Waals surface area contributed by atoms with Gasteiger partial charge >= 0.3 is 0 Å². The average Bonchev–Trinajstić information content (AvgIpc) is 3.26. The number of carbonyl (C=O) groups is 1. The third-order valence-corrected chi connectivity index (χ3v) is 5.87. The summed E-state index contributed by atoms with van der Waals surface area (Å²) in [5.74, 6) is 6.74. The Hall–Kier alpha value is -3.03. The molecular weight excluding hydrogens is 372 g/mol. The molecule has 1 amide bonds. The van der Waals surface area contributed by atoms with Crippen LogP contribution >= 0.6 is 0 Å². The van der Waals surface area contributed by atoms with Gasteiger partial charge in [0.2, 0.25) is 5.66 Å². The maximum atomic E-state index is 13.3. The first kappa shape index (κ1) is 20.3. The van der Waals surface area contributed by atoms with Crippen LogP contribution in [0.1, 0.15) is 54.2 Å². The van der Waals surface area contributed by atoms with E-state index in [0.29, 0.717) is 5.69 Å². The highest BCUT2D eigenvalue weighted by Crippen LogP contribution is 2.42. The van der Waals surface area contributed by atoms with Gasteiger partial charge in [0, 0.05) is 18.2 Å². The summed E-state index contributed by atoms with van der Waals surface area (Å²) in [7, 11) is 1.56. The van der Waals surface area contributed by atoms with Gasteiger partial charge in [-0.05, 0) is 42.9 Å². The second kappa shape index (κ2) is 8.38. The lowest BCUT2D eigenvalue weighted by Crippen LogP contribution is -2.45. The van der Waals surface area contributed by atoms with E-state index in [-0.39, 0.29) is 5.91 Å². The molecule has 30 heavy (non-hydrogen) atoms. The Morgan fingerprint density at radius 2 is 1.90 bits per heavy atom. The fourth-order valence-electron chi connectivity index (χ4n) is 4.44. The van der Waals surface area contributed by atoms with Crippen molar-refractivity contribution in [1.29, 1.82) is 0 Å². The molecule has 2 aromatic carbocycles. The molecule has 4 nitrogen and oxygen atoms in total. The summed E-state index contributed by atoms with van der Waals surface area (Å²) in [5, 5.41) is 2.56. The smallest absolute Gasteiger partial charge is 0.297 e. The molecule has 0 spiro atoms. The molecule has 0 bridgehead atoms. The number of aryl methyl sites for hydroxylation is 2. The van der Waals surface area contributed by atoms with Crippen molar-refractivity contribution in [3.8, 4) is 11.8 Å². The summed E-state index contributed by atoms with van der Waals surface area (Å²) in [4.78, 5) is 18.9. The van der Waals surface area contributed by atoms with Gasteiger partial charge in [-0.15, -0.1) is 0 Å². The zero-order chi connectivity index (χ0) is 21.1. The predicted molar refractivity (Wildman–Crippen MR) is 120 cm³/mol. The first-order valence-corrected chi connectivity index (χ1v) is 10.7. The van der Waals surface area contributed by atoms with Crippen molar-refractivity contribution in [2.75, 3.05) is 7.11 Å². The lowest BCUT2D eigenvalue weighted by molar-refractivity contribution is -0.160. The Kier molecular flexibility index (Phi) is 5.65. The van der Waals surface area contributed by atoms with Gasteiger partial charge in [-0.25, -0.2) is 0 Å². The topological polar surface area (TPSA) is 34.5 Å². The molecule has 0 N–H and O–H groups in total. The van der Waals surface area contributed by atoms with Crippen LogP contribution in [0.2, 0.25) is 0 Å². The van der Waals surface area contributed by atoms with Gasteiger partial charge < -0.3 is 0 Å². The van der Waals surface area contributed by atoms with Crippen LogP contribution in [0, 0.1) is 18.8 Å². The van der Waals surface area contributed by atoms with Crippen molar-refractivity contribution < 1.29 is 9.63 Å². The molecule has 1 aliphatic heterocycles. The van der Waals surface area contributed by atoms with E-state index < -0.39 is 5.66 Å². The number of nitrogens with zero attached hydrogens (tertiary/aromatic N) is 2. The molecule has 0 saturated heterocycles. The number of fused-ring (bicyclic) bond motifs is 3. The van der Waals surface area contributed by atoms with Crippen molar-refractivity contribution >= 4 is 16.8 Å². The van der Waals surface area contributed by atoms with Crippen LogP contribution < -0.4 is 0 Å². The Morgan fingerprint density at radius 3 is 2.63 bits per heavy atom. The number of hydrogen-bond donors (Lipinski definition) is 0. The maximum absolute atomic E-state index is 13.3. The largest absolute Gasteiger partial charge is 0.300 e. The van der Waals surface area contributed by atoms with Crippen molar-refractivity contribution in [2.24, 2.45) is 0 Å². The van der Waals surface area contributed by atoms with Gasteiger partial charge in [0.25, 0.3) is 5.91 Å². The van der Waals surface area contributed by atoms with Crippen LogP contribution in [0.5, 0.6) is 0 Å². The summed E-state index contributed by atoms with van der Waals surface area (Å²) in [6.45, 7) is 4.24. The van der Waals surface area contributed by atoms with Crippen molar-refractivity contribution in [3.63, 3.8) is 0 Å². The molecule has 0 radical (unpaired) electrons. The lowest BCUT2D eigenvalue weighted by atomic mass is 10.0. The fraction of sp³-hybridized carbons (Fsp3) is 0.346. The first-order chi connectivity index (χ1) is 14.6. The van der Waals surface area contributed by atoms with E-state index in [1.54, 1.807) is 7.11 Å². The lowest BCUT2D eigenvalue weighted by Gasteiger charge is -2.34. The van der Waals surface area contributed by atoms with E-state index >= 15 is 0 Å². The molecule has 154 valence electrons. The van der Waals surface area contributed by atoms with Crippen LogP contribution in [0.3, 0.4) is 0 Å². The van der Waals surface area contributed by atoms with Crippen LogP contribution in [-0.2, 0) is 16.9 Å². The number of benzene rings is 2. The zero-order valence-corrected chi connectivity index (χ0v) is 17.9. The molecule has 1 aliphatic rings. The molecule has 0 saturated carbocycles. The average molecular weight is 401 g/mol. The van der Waals surface area contributed by atoms with Gasteiger partial charge in [0.1, 0.15) is 5.69 Å². The molecule has 4 rings (SSSR count). The van der Waals surface area contributed by atoms with Gasteiger partial charge in [0.15, 0.2) is 0 Å². The predicted octanol–water partition coefficient (Wildman–Crippen LogP) is 5.45. The van der Waals surface area contributed by atoms with Crippen LogP contribution in [0.4, 0.5) is 0 Å². The van der Waals surface area contributed by atoms with Gasteiger partial charge in [-0.2, -0.15) is 5.06 Å². The monoisotopic (exact) mass is 400 g/mol. The summed E-state index contributed by atoms with van der Waals surface area (Å²) in [6.07, 6.45) is 4.32. The number of amides is 1. The van der Waals surface area contributed by atoms with E-state index in [1.807, 2.05) is 18.2 Å². The molecule has 2 heterocycles. The number of unbranched alkanes of at least 4 members (excludes halogenated alkanes) is 1. The summed E-state index contributed by atoms with van der Waals surface area (Å²) >= 11 is 0. The normalized spacial score (nSPS) is 17.8. The molecule has 1 aromatic heterocycles. The van der Waals surface area contributed by atoms with Gasteiger partial charge in [0.05, 0.1) is 12.6 Å². The second-order valence-electron chi connectivity index (χ2n) is 7.87. The van der Waals surface area contributed by atoms with Crippen molar-refractivity contribution in [2.45, 2.75) is 51.6 Å². The third kappa shape index (κ3) is 3.30. The number of aromatic nitrogens is 1. The Morgan fingerprint density at radius 1 is 1.10 bits per heavy atom. The van der Waals surface area contributed by atoms with Crippen LogP contribution in [0.15, 0.2) is 54.6 Å². The second-order valence-corrected chi connectivity index (χ2v) is 7.87. The summed E-state index contributed by atoms with van der Waals surface area (Å²) in [5.41, 5.74) is 3.30. The zero-order valence-electron chi connectivity index (χ0n) is 17.9. The van der Waals surface area contributed by atoms with Crippen molar-refractivity contribution in [3.05, 3.63) is 71.4 Å². The van der Waals surface area contributed by atoms with E-state index in [9.17, 15) is 4.79 Å². The van der Waals surface area contributed by atoms with Crippen molar-refractivity contribution in [1.82, 2.24) is 9.63 Å². The van der Waals surface area contributed by atoms with Crippen LogP contribution in [-0.4, -0.2) is 22.6 Å². The quantitative estimate of drug-likeness (QED) is 0.516. The highest BCUT2D eigenvalue weighted by molar-refractivity contribution is 6.02. The molecule has 0 fully saturated rings. The maximum Gasteiger partial charge on any atom is 0.297 e. The molecular formula is C26H28N2O2. The number of hydrogen-bond acceptors (Lipinski definition) is 2. The SMILES string of the molecule is CCCCC1(C#CCCc2ccccc2)N(OC)C(=O)c2cc3cccc(C)c3n21. The Labute approximate surface area is 178 Å². The summed E-state index contributed by atoms with van der Waals surface area (Å²) in [6, 6.07) is 18.5. The highest BCUT2D eigenvalue weighted by atomic mass is 16.7. The number of para-hydroxylation sites is 1. The van der Waals surface area contributed by atoms with Gasteiger partial charge in [-0.3, -0.25) is 14.2 Å². The van der Waals surface area contributed by atoms with E-state index in [0.717, 1.165) is 48.6 Å². The third-order valence-electron chi connectivity index (χ3n) is 5.87. The number of hydroxylamine groups is 2. The molecule has 1 unspecified atom stereocenters. The number of carbonyl (C=O) groups excluding carboxylic acids is 1. The first-order valence-electron chi connectivity index (χ1n) is 10.7. The fourth-order valence-corrected chi connectivity index (χ4v) is 4.44. The van der Waals surface area contributed by atoms with E-state index in [1.165, 1.54) is 10.6 Å².